The first-order valence-electron chi connectivity index (χ1n) is 12.1. The van der Waals surface area contributed by atoms with Crippen LogP contribution < -0.4 is 16.0 Å². The summed E-state index contributed by atoms with van der Waals surface area (Å²) in [5.74, 6) is -1.09. The standard InChI is InChI=1S/C23H26ClN9O4S/c1-11-25-22(37-32-11)12-3-4-13(26-19(34)20(35)29-18-6-5-17(24)30-31-18)15(9-12)27-21(36)23-28-14-7-8-33(2)10-16(14)38-23/h5-6,12-13,15H,3-4,7-10H2,1-2H3,(H,26,34)(H,27,36)(H,29,31,35)/t12-,13-,15+/m0/s1. The lowest BCUT2D eigenvalue weighted by Gasteiger charge is -2.35. The van der Waals surface area contributed by atoms with Gasteiger partial charge < -0.3 is 25.4 Å². The van der Waals surface area contributed by atoms with Crippen LogP contribution in [0.5, 0.6) is 0 Å². The summed E-state index contributed by atoms with van der Waals surface area (Å²) in [5, 5.41) is 20.0. The molecule has 200 valence electrons. The average molecular weight is 560 g/mol. The Hall–Kier alpha value is -3.49. The number of thiazole rings is 1. The summed E-state index contributed by atoms with van der Waals surface area (Å²) in [4.78, 5) is 50.7. The van der Waals surface area contributed by atoms with E-state index in [1.165, 1.54) is 23.5 Å². The molecule has 1 aliphatic carbocycles. The molecule has 3 aromatic rings. The Labute approximate surface area is 226 Å². The number of hydrogen-bond acceptors (Lipinski definition) is 11. The van der Waals surface area contributed by atoms with Gasteiger partial charge in [-0.25, -0.2) is 4.98 Å². The Morgan fingerprint density at radius 1 is 1.11 bits per heavy atom. The molecular formula is C23H26ClN9O4S. The zero-order chi connectivity index (χ0) is 26.8. The first kappa shape index (κ1) is 26.1. The van der Waals surface area contributed by atoms with Crippen LogP contribution in [0.15, 0.2) is 16.7 Å². The number of aromatic nitrogens is 5. The Morgan fingerprint density at radius 3 is 2.68 bits per heavy atom. The lowest BCUT2D eigenvalue weighted by molar-refractivity contribution is -0.136. The number of anilines is 1. The monoisotopic (exact) mass is 559 g/mol. The maximum absolute atomic E-state index is 13.2. The molecule has 15 heteroatoms. The van der Waals surface area contributed by atoms with Gasteiger partial charge in [-0.2, -0.15) is 4.98 Å². The fourth-order valence-corrected chi connectivity index (χ4v) is 5.84. The molecule has 2 aliphatic rings. The molecule has 4 heterocycles. The van der Waals surface area contributed by atoms with Gasteiger partial charge in [-0.05, 0) is 45.4 Å². The van der Waals surface area contributed by atoms with Gasteiger partial charge in [0, 0.05) is 36.3 Å². The summed E-state index contributed by atoms with van der Waals surface area (Å²) in [6.45, 7) is 3.39. The Morgan fingerprint density at radius 2 is 1.95 bits per heavy atom. The van der Waals surface area contributed by atoms with E-state index in [0.29, 0.717) is 36.0 Å². The zero-order valence-electron chi connectivity index (χ0n) is 20.7. The highest BCUT2D eigenvalue weighted by molar-refractivity contribution is 7.13. The fourth-order valence-electron chi connectivity index (χ4n) is 4.65. The van der Waals surface area contributed by atoms with E-state index in [4.69, 9.17) is 16.1 Å². The number of amides is 3. The van der Waals surface area contributed by atoms with Gasteiger partial charge in [-0.3, -0.25) is 14.4 Å². The van der Waals surface area contributed by atoms with E-state index in [1.54, 1.807) is 6.92 Å². The predicted octanol–water partition coefficient (Wildman–Crippen LogP) is 1.46. The maximum atomic E-state index is 13.2. The number of fused-ring (bicyclic) bond motifs is 1. The Balaban J connectivity index is 1.29. The molecule has 38 heavy (non-hydrogen) atoms. The van der Waals surface area contributed by atoms with Gasteiger partial charge in [-0.15, -0.1) is 21.5 Å². The van der Waals surface area contributed by atoms with Crippen molar-refractivity contribution in [3.8, 4) is 0 Å². The molecule has 0 unspecified atom stereocenters. The van der Waals surface area contributed by atoms with Crippen LogP contribution in [0.4, 0.5) is 5.82 Å². The molecule has 1 fully saturated rings. The summed E-state index contributed by atoms with van der Waals surface area (Å²) >= 11 is 7.09. The number of aryl methyl sites for hydroxylation is 1. The van der Waals surface area contributed by atoms with Gasteiger partial charge >= 0.3 is 11.8 Å². The minimum Gasteiger partial charge on any atom is -0.345 e. The molecule has 1 aliphatic heterocycles. The Bertz CT molecular complexity index is 1340. The highest BCUT2D eigenvalue weighted by Crippen LogP contribution is 2.33. The average Bonchev–Trinajstić information content (AvgIpc) is 3.52. The van der Waals surface area contributed by atoms with Crippen LogP contribution in [0.1, 0.15) is 57.3 Å². The SMILES string of the molecule is Cc1noc([C@H]2CC[C@H](NC(=O)C(=O)Nc3ccc(Cl)nn3)[C@H](NC(=O)c3nc4c(s3)CN(C)CC4)C2)n1. The van der Waals surface area contributed by atoms with Crippen molar-refractivity contribution in [2.45, 2.75) is 57.2 Å². The van der Waals surface area contributed by atoms with Crippen molar-refractivity contribution in [2.75, 3.05) is 18.9 Å². The van der Waals surface area contributed by atoms with Gasteiger partial charge in [0.05, 0.1) is 11.7 Å². The number of hydrogen-bond donors (Lipinski definition) is 3. The number of carbonyl (C=O) groups excluding carboxylic acids is 3. The van der Waals surface area contributed by atoms with E-state index in [1.807, 2.05) is 7.05 Å². The molecule has 13 nitrogen and oxygen atoms in total. The van der Waals surface area contributed by atoms with Gasteiger partial charge in [-0.1, -0.05) is 16.8 Å². The van der Waals surface area contributed by atoms with Crippen LogP contribution in [0.3, 0.4) is 0 Å². The number of carbonyl (C=O) groups is 3. The summed E-state index contributed by atoms with van der Waals surface area (Å²) in [5.41, 5.74) is 0.952. The molecule has 0 radical (unpaired) electrons. The van der Waals surface area contributed by atoms with Crippen LogP contribution in [0, 0.1) is 6.92 Å². The number of nitrogens with zero attached hydrogens (tertiary/aromatic N) is 6. The van der Waals surface area contributed by atoms with Crippen LogP contribution in [0.2, 0.25) is 5.15 Å². The first-order chi connectivity index (χ1) is 18.2. The van der Waals surface area contributed by atoms with Crippen molar-refractivity contribution < 1.29 is 18.9 Å². The largest absolute Gasteiger partial charge is 0.345 e. The summed E-state index contributed by atoms with van der Waals surface area (Å²) in [7, 11) is 2.03. The minimum absolute atomic E-state index is 0.0910. The third-order valence-electron chi connectivity index (χ3n) is 6.57. The summed E-state index contributed by atoms with van der Waals surface area (Å²) in [6, 6.07) is 1.88. The van der Waals surface area contributed by atoms with Crippen molar-refractivity contribution in [3.63, 3.8) is 0 Å². The third kappa shape index (κ3) is 5.97. The second-order valence-electron chi connectivity index (χ2n) is 9.42. The molecule has 0 aromatic carbocycles. The molecule has 3 atom stereocenters. The molecule has 0 saturated heterocycles. The third-order valence-corrected chi connectivity index (χ3v) is 7.85. The van der Waals surface area contributed by atoms with E-state index in [-0.39, 0.29) is 22.8 Å². The smallest absolute Gasteiger partial charge is 0.314 e. The molecular weight excluding hydrogens is 534 g/mol. The summed E-state index contributed by atoms with van der Waals surface area (Å²) < 4.78 is 5.37. The van der Waals surface area contributed by atoms with E-state index < -0.39 is 23.9 Å². The van der Waals surface area contributed by atoms with Crippen LogP contribution in [-0.2, 0) is 22.6 Å². The molecule has 3 aromatic heterocycles. The van der Waals surface area contributed by atoms with E-state index in [9.17, 15) is 14.4 Å². The molecule has 1 saturated carbocycles. The van der Waals surface area contributed by atoms with Crippen molar-refractivity contribution >= 4 is 46.5 Å². The Kier molecular flexibility index (Phi) is 7.63. The second-order valence-corrected chi connectivity index (χ2v) is 10.9. The molecule has 5 rings (SSSR count). The molecule has 3 amide bonds. The first-order valence-corrected chi connectivity index (χ1v) is 13.3. The van der Waals surface area contributed by atoms with Gasteiger partial charge in [0.2, 0.25) is 5.89 Å². The lowest BCUT2D eigenvalue weighted by atomic mass is 9.82. The molecule has 0 spiro atoms. The number of halogens is 1. The molecule has 0 bridgehead atoms. The second kappa shape index (κ2) is 11.1. The van der Waals surface area contributed by atoms with Crippen LogP contribution in [0.25, 0.3) is 0 Å². The maximum Gasteiger partial charge on any atom is 0.314 e. The van der Waals surface area contributed by atoms with E-state index in [2.05, 4.69) is 46.2 Å². The van der Waals surface area contributed by atoms with Crippen molar-refractivity contribution in [1.82, 2.24) is 40.9 Å². The van der Waals surface area contributed by atoms with Crippen molar-refractivity contribution in [2.24, 2.45) is 0 Å². The number of nitrogens with one attached hydrogen (secondary N) is 3. The van der Waals surface area contributed by atoms with E-state index in [0.717, 1.165) is 30.1 Å². The number of likely N-dealkylation sites (N-methyl/N-ethyl adjacent to an activating group) is 1. The normalized spacial score (nSPS) is 21.4. The van der Waals surface area contributed by atoms with Crippen molar-refractivity contribution in [1.29, 1.82) is 0 Å². The van der Waals surface area contributed by atoms with E-state index >= 15 is 0 Å². The lowest BCUT2D eigenvalue weighted by Crippen LogP contribution is -2.56. The minimum atomic E-state index is -0.905. The zero-order valence-corrected chi connectivity index (χ0v) is 22.3. The number of rotatable bonds is 5. The highest BCUT2D eigenvalue weighted by Gasteiger charge is 2.37. The molecule has 3 N–H and O–H groups in total. The fraction of sp³-hybridized carbons (Fsp3) is 0.478. The summed E-state index contributed by atoms with van der Waals surface area (Å²) in [6.07, 6.45) is 2.34. The topological polar surface area (TPSA) is 168 Å². The van der Waals surface area contributed by atoms with Gasteiger partial charge in [0.25, 0.3) is 5.91 Å². The quantitative estimate of drug-likeness (QED) is 0.389. The van der Waals surface area contributed by atoms with Crippen LogP contribution in [-0.4, -0.2) is 73.6 Å². The van der Waals surface area contributed by atoms with Crippen LogP contribution >= 0.6 is 22.9 Å². The predicted molar refractivity (Wildman–Crippen MR) is 137 cm³/mol. The van der Waals surface area contributed by atoms with Crippen molar-refractivity contribution in [3.05, 3.63) is 44.6 Å². The highest BCUT2D eigenvalue weighted by atomic mass is 35.5. The van der Waals surface area contributed by atoms with Gasteiger partial charge in [0.1, 0.15) is 0 Å². The van der Waals surface area contributed by atoms with Gasteiger partial charge in [0.15, 0.2) is 21.8 Å².